The SMILES string of the molecule is CN(C)C(=O)CCNc1c(N)cccc1C(=O)O. The van der Waals surface area contributed by atoms with Crippen LogP contribution in [0.5, 0.6) is 0 Å². The van der Waals surface area contributed by atoms with Gasteiger partial charge in [0.05, 0.1) is 16.9 Å². The molecule has 0 saturated carbocycles. The molecule has 98 valence electrons. The molecule has 0 aromatic heterocycles. The molecule has 0 fully saturated rings. The van der Waals surface area contributed by atoms with Gasteiger partial charge in [-0.05, 0) is 12.1 Å². The number of hydrogen-bond donors (Lipinski definition) is 3. The molecular weight excluding hydrogens is 234 g/mol. The van der Waals surface area contributed by atoms with Crippen molar-refractivity contribution in [2.45, 2.75) is 6.42 Å². The zero-order valence-corrected chi connectivity index (χ0v) is 10.4. The molecule has 0 unspecified atom stereocenters. The maximum absolute atomic E-state index is 11.4. The molecule has 0 saturated heterocycles. The zero-order chi connectivity index (χ0) is 13.7. The number of carboxylic acid groups (broad SMARTS) is 1. The van der Waals surface area contributed by atoms with Gasteiger partial charge in [0, 0.05) is 27.1 Å². The van der Waals surface area contributed by atoms with Crippen LogP contribution in [0.2, 0.25) is 0 Å². The minimum Gasteiger partial charge on any atom is -0.478 e. The molecule has 18 heavy (non-hydrogen) atoms. The Kier molecular flexibility index (Phi) is 4.53. The summed E-state index contributed by atoms with van der Waals surface area (Å²) in [6, 6.07) is 4.66. The lowest BCUT2D eigenvalue weighted by molar-refractivity contribution is -0.128. The van der Waals surface area contributed by atoms with E-state index in [2.05, 4.69) is 5.32 Å². The van der Waals surface area contributed by atoms with Crippen molar-refractivity contribution in [1.29, 1.82) is 0 Å². The minimum atomic E-state index is -1.05. The first-order chi connectivity index (χ1) is 8.43. The number of hydrogen-bond acceptors (Lipinski definition) is 4. The molecule has 0 bridgehead atoms. The van der Waals surface area contributed by atoms with E-state index in [0.717, 1.165) is 0 Å². The van der Waals surface area contributed by atoms with E-state index in [1.165, 1.54) is 11.0 Å². The van der Waals surface area contributed by atoms with Crippen LogP contribution in [0.25, 0.3) is 0 Å². The van der Waals surface area contributed by atoms with E-state index in [4.69, 9.17) is 10.8 Å². The summed E-state index contributed by atoms with van der Waals surface area (Å²) in [5, 5.41) is 11.9. The number of amides is 1. The highest BCUT2D eigenvalue weighted by Gasteiger charge is 2.12. The molecular formula is C12H17N3O3. The Bertz CT molecular complexity index is 458. The van der Waals surface area contributed by atoms with Crippen molar-refractivity contribution in [3.05, 3.63) is 23.8 Å². The van der Waals surface area contributed by atoms with Gasteiger partial charge in [0.25, 0.3) is 0 Å². The second-order valence-electron chi connectivity index (χ2n) is 4.04. The van der Waals surface area contributed by atoms with Crippen molar-refractivity contribution in [1.82, 2.24) is 4.90 Å². The molecule has 0 aliphatic heterocycles. The molecule has 1 aromatic carbocycles. The second-order valence-corrected chi connectivity index (χ2v) is 4.04. The minimum absolute atomic E-state index is 0.0334. The predicted molar refractivity (Wildman–Crippen MR) is 69.6 cm³/mol. The number of para-hydroxylation sites is 1. The van der Waals surface area contributed by atoms with Gasteiger partial charge in [-0.1, -0.05) is 6.07 Å². The Balaban J connectivity index is 2.73. The monoisotopic (exact) mass is 251 g/mol. The Labute approximate surface area is 105 Å². The van der Waals surface area contributed by atoms with Gasteiger partial charge in [0.2, 0.25) is 5.91 Å². The van der Waals surface area contributed by atoms with Crippen LogP contribution >= 0.6 is 0 Å². The number of nitrogens with one attached hydrogen (secondary N) is 1. The summed E-state index contributed by atoms with van der Waals surface area (Å²) in [6.07, 6.45) is 0.278. The molecule has 6 heteroatoms. The average Bonchev–Trinajstić information content (AvgIpc) is 2.30. The van der Waals surface area contributed by atoms with E-state index in [1.807, 2.05) is 0 Å². The van der Waals surface area contributed by atoms with E-state index in [9.17, 15) is 9.59 Å². The van der Waals surface area contributed by atoms with Gasteiger partial charge in [0.1, 0.15) is 0 Å². The van der Waals surface area contributed by atoms with Crippen LogP contribution in [-0.2, 0) is 4.79 Å². The Hall–Kier alpha value is -2.24. The van der Waals surface area contributed by atoms with E-state index < -0.39 is 5.97 Å². The summed E-state index contributed by atoms with van der Waals surface area (Å²) in [5.41, 5.74) is 6.53. The summed E-state index contributed by atoms with van der Waals surface area (Å²) in [6.45, 7) is 0.339. The van der Waals surface area contributed by atoms with Crippen molar-refractivity contribution in [3.8, 4) is 0 Å². The van der Waals surface area contributed by atoms with Crippen molar-refractivity contribution >= 4 is 23.3 Å². The molecule has 0 aliphatic carbocycles. The van der Waals surface area contributed by atoms with Crippen LogP contribution in [-0.4, -0.2) is 42.5 Å². The molecule has 1 amide bonds. The van der Waals surface area contributed by atoms with Crippen molar-refractivity contribution in [2.24, 2.45) is 0 Å². The Morgan fingerprint density at radius 3 is 2.61 bits per heavy atom. The smallest absolute Gasteiger partial charge is 0.337 e. The fourth-order valence-electron chi connectivity index (χ4n) is 1.46. The van der Waals surface area contributed by atoms with Crippen molar-refractivity contribution in [3.63, 3.8) is 0 Å². The van der Waals surface area contributed by atoms with Crippen LogP contribution in [0, 0.1) is 0 Å². The quantitative estimate of drug-likeness (QED) is 0.674. The number of aromatic carboxylic acids is 1. The fourth-order valence-corrected chi connectivity index (χ4v) is 1.46. The predicted octanol–water partition coefficient (Wildman–Crippen LogP) is 0.857. The van der Waals surface area contributed by atoms with Crippen molar-refractivity contribution in [2.75, 3.05) is 31.7 Å². The van der Waals surface area contributed by atoms with Crippen molar-refractivity contribution < 1.29 is 14.7 Å². The normalized spacial score (nSPS) is 9.89. The third kappa shape index (κ3) is 3.38. The first-order valence-corrected chi connectivity index (χ1v) is 5.49. The number of nitrogens with two attached hydrogens (primary N) is 1. The number of anilines is 2. The number of benzene rings is 1. The number of carbonyl (C=O) groups is 2. The molecule has 0 aliphatic rings. The van der Waals surface area contributed by atoms with Crippen LogP contribution in [0.15, 0.2) is 18.2 Å². The first-order valence-electron chi connectivity index (χ1n) is 5.49. The first kappa shape index (κ1) is 13.8. The summed E-state index contributed by atoms with van der Waals surface area (Å²) >= 11 is 0. The maximum Gasteiger partial charge on any atom is 0.337 e. The largest absolute Gasteiger partial charge is 0.478 e. The highest BCUT2D eigenvalue weighted by Crippen LogP contribution is 2.23. The van der Waals surface area contributed by atoms with Crippen LogP contribution in [0.3, 0.4) is 0 Å². The van der Waals surface area contributed by atoms with Gasteiger partial charge in [-0.3, -0.25) is 4.79 Å². The molecule has 0 radical (unpaired) electrons. The Morgan fingerprint density at radius 2 is 2.06 bits per heavy atom. The van der Waals surface area contributed by atoms with Gasteiger partial charge >= 0.3 is 5.97 Å². The fraction of sp³-hybridized carbons (Fsp3) is 0.333. The van der Waals surface area contributed by atoms with E-state index in [0.29, 0.717) is 17.9 Å². The van der Waals surface area contributed by atoms with Crippen LogP contribution in [0.1, 0.15) is 16.8 Å². The molecule has 0 atom stereocenters. The number of carbonyl (C=O) groups excluding carboxylic acids is 1. The highest BCUT2D eigenvalue weighted by molar-refractivity contribution is 5.97. The number of nitrogen functional groups attached to an aromatic ring is 1. The summed E-state index contributed by atoms with van der Waals surface area (Å²) in [5.74, 6) is -1.09. The van der Waals surface area contributed by atoms with E-state index in [1.54, 1.807) is 26.2 Å². The topological polar surface area (TPSA) is 95.7 Å². The van der Waals surface area contributed by atoms with Gasteiger partial charge in [-0.2, -0.15) is 0 Å². The number of rotatable bonds is 5. The number of carboxylic acids is 1. The zero-order valence-electron chi connectivity index (χ0n) is 10.4. The van der Waals surface area contributed by atoms with Gasteiger partial charge < -0.3 is 21.1 Å². The third-order valence-corrected chi connectivity index (χ3v) is 2.47. The maximum atomic E-state index is 11.4. The second kappa shape index (κ2) is 5.90. The van der Waals surface area contributed by atoms with Gasteiger partial charge in [0.15, 0.2) is 0 Å². The van der Waals surface area contributed by atoms with Gasteiger partial charge in [-0.15, -0.1) is 0 Å². The lowest BCUT2D eigenvalue weighted by Gasteiger charge is -2.14. The molecule has 0 heterocycles. The van der Waals surface area contributed by atoms with E-state index in [-0.39, 0.29) is 17.9 Å². The molecule has 6 nitrogen and oxygen atoms in total. The lowest BCUT2D eigenvalue weighted by atomic mass is 10.1. The Morgan fingerprint density at radius 1 is 1.39 bits per heavy atom. The molecule has 1 rings (SSSR count). The molecule has 1 aromatic rings. The summed E-state index contributed by atoms with van der Waals surface area (Å²) < 4.78 is 0. The van der Waals surface area contributed by atoms with Crippen LogP contribution in [0.4, 0.5) is 11.4 Å². The highest BCUT2D eigenvalue weighted by atomic mass is 16.4. The lowest BCUT2D eigenvalue weighted by Crippen LogP contribution is -2.24. The number of nitrogens with zero attached hydrogens (tertiary/aromatic N) is 1. The molecule has 0 spiro atoms. The summed E-state index contributed by atoms with van der Waals surface area (Å²) in [7, 11) is 3.34. The van der Waals surface area contributed by atoms with Crippen LogP contribution < -0.4 is 11.1 Å². The molecule has 4 N–H and O–H groups in total. The average molecular weight is 251 g/mol. The standard InChI is InChI=1S/C12H17N3O3/c1-15(2)10(16)6-7-14-11-8(12(17)18)4-3-5-9(11)13/h3-5,14H,6-7,13H2,1-2H3,(H,17,18). The van der Waals surface area contributed by atoms with Gasteiger partial charge in [-0.25, -0.2) is 4.79 Å². The third-order valence-electron chi connectivity index (χ3n) is 2.47. The summed E-state index contributed by atoms with van der Waals surface area (Å²) in [4.78, 5) is 23.9. The van der Waals surface area contributed by atoms with E-state index >= 15 is 0 Å².